The van der Waals surface area contributed by atoms with Crippen LogP contribution in [0, 0.1) is 6.92 Å². The van der Waals surface area contributed by atoms with Gasteiger partial charge in [-0.25, -0.2) is 0 Å². The minimum absolute atomic E-state index is 0.0121. The van der Waals surface area contributed by atoms with Gasteiger partial charge in [0.05, 0.1) is 24.6 Å². The Bertz CT molecular complexity index is 1100. The molecule has 0 fully saturated rings. The van der Waals surface area contributed by atoms with E-state index in [0.29, 0.717) is 11.7 Å². The van der Waals surface area contributed by atoms with Crippen molar-refractivity contribution in [2.75, 3.05) is 5.75 Å². The van der Waals surface area contributed by atoms with Crippen molar-refractivity contribution in [2.24, 2.45) is 0 Å². The zero-order chi connectivity index (χ0) is 20.9. The fraction of sp³-hybridized carbons (Fsp3) is 0.227. The van der Waals surface area contributed by atoms with E-state index in [-0.39, 0.29) is 17.7 Å². The van der Waals surface area contributed by atoms with Crippen LogP contribution in [0.4, 0.5) is 0 Å². The number of hydrogen-bond donors (Lipinski definition) is 1. The number of nitrogens with zero attached hydrogens (tertiary/aromatic N) is 3. The lowest BCUT2D eigenvalue weighted by atomic mass is 10.1. The van der Waals surface area contributed by atoms with E-state index in [1.807, 2.05) is 66.3 Å². The van der Waals surface area contributed by atoms with Crippen molar-refractivity contribution in [2.45, 2.75) is 31.6 Å². The molecular formula is C22H22N4O2S2. The number of carbonyl (C=O) groups excluding carboxylic acids is 1. The van der Waals surface area contributed by atoms with Gasteiger partial charge in [0.2, 0.25) is 5.91 Å². The average Bonchev–Trinajstić information content (AvgIpc) is 3.49. The van der Waals surface area contributed by atoms with Gasteiger partial charge < -0.3 is 9.73 Å². The molecule has 0 saturated carbocycles. The van der Waals surface area contributed by atoms with Crippen molar-refractivity contribution in [3.8, 4) is 11.4 Å². The van der Waals surface area contributed by atoms with E-state index >= 15 is 0 Å². The van der Waals surface area contributed by atoms with Crippen molar-refractivity contribution in [3.63, 3.8) is 0 Å². The summed E-state index contributed by atoms with van der Waals surface area (Å²) >= 11 is 3.01. The molecule has 0 aliphatic heterocycles. The molecule has 1 N–H and O–H groups in total. The predicted octanol–water partition coefficient (Wildman–Crippen LogP) is 4.93. The number of furan rings is 1. The first-order chi connectivity index (χ1) is 14.6. The van der Waals surface area contributed by atoms with Crippen molar-refractivity contribution in [1.82, 2.24) is 20.1 Å². The highest BCUT2D eigenvalue weighted by molar-refractivity contribution is 7.99. The summed E-state index contributed by atoms with van der Waals surface area (Å²) in [5.74, 6) is 1.79. The Labute approximate surface area is 183 Å². The molecule has 1 atom stereocenters. The minimum Gasteiger partial charge on any atom is -0.467 e. The molecule has 0 aliphatic rings. The second-order valence-corrected chi connectivity index (χ2v) is 8.86. The third-order valence-corrected chi connectivity index (χ3v) is 6.59. The number of thioether (sulfide) groups is 1. The van der Waals surface area contributed by atoms with E-state index in [2.05, 4.69) is 21.6 Å². The van der Waals surface area contributed by atoms with Gasteiger partial charge in [-0.15, -0.1) is 21.5 Å². The second kappa shape index (κ2) is 9.32. The topological polar surface area (TPSA) is 73.0 Å². The third kappa shape index (κ3) is 4.83. The average molecular weight is 439 g/mol. The van der Waals surface area contributed by atoms with E-state index in [0.717, 1.165) is 27.6 Å². The smallest absolute Gasteiger partial charge is 0.230 e. The van der Waals surface area contributed by atoms with Crippen LogP contribution in [0.3, 0.4) is 0 Å². The summed E-state index contributed by atoms with van der Waals surface area (Å²) in [5, 5.41) is 14.5. The van der Waals surface area contributed by atoms with E-state index < -0.39 is 0 Å². The highest BCUT2D eigenvalue weighted by Gasteiger charge is 2.18. The van der Waals surface area contributed by atoms with Crippen LogP contribution in [-0.4, -0.2) is 26.4 Å². The van der Waals surface area contributed by atoms with Crippen LogP contribution in [0.2, 0.25) is 0 Å². The maximum atomic E-state index is 12.5. The fourth-order valence-corrected chi connectivity index (χ4v) is 4.60. The molecule has 154 valence electrons. The van der Waals surface area contributed by atoms with Crippen LogP contribution in [-0.2, 0) is 11.3 Å². The number of hydrogen-bond acceptors (Lipinski definition) is 6. The molecule has 0 radical (unpaired) electrons. The van der Waals surface area contributed by atoms with Gasteiger partial charge in [0.15, 0.2) is 11.0 Å². The zero-order valence-corrected chi connectivity index (χ0v) is 18.4. The number of thiophene rings is 1. The van der Waals surface area contributed by atoms with E-state index in [1.165, 1.54) is 11.8 Å². The van der Waals surface area contributed by atoms with Gasteiger partial charge in [-0.3, -0.25) is 9.36 Å². The van der Waals surface area contributed by atoms with Gasteiger partial charge in [0.25, 0.3) is 0 Å². The van der Waals surface area contributed by atoms with Crippen LogP contribution in [0.15, 0.2) is 69.7 Å². The summed E-state index contributed by atoms with van der Waals surface area (Å²) in [5.41, 5.74) is 2.13. The van der Waals surface area contributed by atoms with Crippen LogP contribution < -0.4 is 5.32 Å². The van der Waals surface area contributed by atoms with Gasteiger partial charge in [-0.05, 0) is 43.5 Å². The van der Waals surface area contributed by atoms with Crippen molar-refractivity contribution >= 4 is 29.0 Å². The summed E-state index contributed by atoms with van der Waals surface area (Å²) in [4.78, 5) is 13.6. The predicted molar refractivity (Wildman–Crippen MR) is 120 cm³/mol. The Morgan fingerprint density at radius 3 is 2.87 bits per heavy atom. The molecule has 0 bridgehead atoms. The lowest BCUT2D eigenvalue weighted by Crippen LogP contribution is -2.27. The van der Waals surface area contributed by atoms with Crippen molar-refractivity contribution < 1.29 is 9.21 Å². The lowest BCUT2D eigenvalue weighted by molar-refractivity contribution is -0.119. The SMILES string of the molecule is Cc1cccc(-c2nnc(SCC(=O)N[C@H](C)c3cccs3)n2Cc2ccco2)c1. The van der Waals surface area contributed by atoms with Crippen molar-refractivity contribution in [3.05, 3.63) is 76.4 Å². The zero-order valence-electron chi connectivity index (χ0n) is 16.7. The molecule has 3 aromatic heterocycles. The highest BCUT2D eigenvalue weighted by atomic mass is 32.2. The van der Waals surface area contributed by atoms with Crippen LogP contribution in [0.1, 0.15) is 29.2 Å². The molecule has 30 heavy (non-hydrogen) atoms. The Hall–Kier alpha value is -2.84. The molecular weight excluding hydrogens is 416 g/mol. The van der Waals surface area contributed by atoms with Crippen LogP contribution in [0.25, 0.3) is 11.4 Å². The molecule has 4 aromatic rings. The van der Waals surface area contributed by atoms with E-state index in [1.54, 1.807) is 17.6 Å². The van der Waals surface area contributed by atoms with Crippen LogP contribution in [0.5, 0.6) is 0 Å². The maximum Gasteiger partial charge on any atom is 0.230 e. The fourth-order valence-electron chi connectivity index (χ4n) is 3.12. The Kier molecular flexibility index (Phi) is 6.35. The summed E-state index contributed by atoms with van der Waals surface area (Å²) in [6, 6.07) is 15.9. The number of rotatable bonds is 8. The second-order valence-electron chi connectivity index (χ2n) is 6.93. The quantitative estimate of drug-likeness (QED) is 0.395. The number of carbonyl (C=O) groups is 1. The number of aromatic nitrogens is 3. The summed E-state index contributed by atoms with van der Waals surface area (Å²) in [7, 11) is 0. The molecule has 0 spiro atoms. The molecule has 1 aromatic carbocycles. The van der Waals surface area contributed by atoms with Gasteiger partial charge in [0, 0.05) is 10.4 Å². The minimum atomic E-state index is -0.0365. The monoisotopic (exact) mass is 438 g/mol. The molecule has 8 heteroatoms. The molecule has 6 nitrogen and oxygen atoms in total. The molecule has 0 unspecified atom stereocenters. The lowest BCUT2D eigenvalue weighted by Gasteiger charge is -2.12. The van der Waals surface area contributed by atoms with Gasteiger partial charge >= 0.3 is 0 Å². The van der Waals surface area contributed by atoms with Crippen molar-refractivity contribution in [1.29, 1.82) is 0 Å². The Balaban J connectivity index is 1.51. The number of benzene rings is 1. The first kappa shape index (κ1) is 20.4. The van der Waals surface area contributed by atoms with Gasteiger partial charge in [0.1, 0.15) is 5.76 Å². The first-order valence-electron chi connectivity index (χ1n) is 9.58. The summed E-state index contributed by atoms with van der Waals surface area (Å²) < 4.78 is 7.53. The van der Waals surface area contributed by atoms with E-state index in [9.17, 15) is 4.79 Å². The number of aryl methyl sites for hydroxylation is 1. The maximum absolute atomic E-state index is 12.5. The summed E-state index contributed by atoms with van der Waals surface area (Å²) in [6.45, 7) is 4.54. The number of nitrogens with one attached hydrogen (secondary N) is 1. The van der Waals surface area contributed by atoms with Crippen LogP contribution >= 0.6 is 23.1 Å². The Morgan fingerprint density at radius 1 is 1.23 bits per heavy atom. The highest BCUT2D eigenvalue weighted by Crippen LogP contribution is 2.26. The van der Waals surface area contributed by atoms with Gasteiger partial charge in [-0.2, -0.15) is 0 Å². The summed E-state index contributed by atoms with van der Waals surface area (Å²) in [6.07, 6.45) is 1.65. The number of amides is 1. The third-order valence-electron chi connectivity index (χ3n) is 4.57. The first-order valence-corrected chi connectivity index (χ1v) is 11.4. The van der Waals surface area contributed by atoms with Gasteiger partial charge in [-0.1, -0.05) is 41.6 Å². The molecule has 0 aliphatic carbocycles. The Morgan fingerprint density at radius 2 is 2.13 bits per heavy atom. The van der Waals surface area contributed by atoms with E-state index in [4.69, 9.17) is 4.42 Å². The molecule has 4 rings (SSSR count). The normalized spacial score (nSPS) is 12.1. The molecule has 0 saturated heterocycles. The standard InChI is InChI=1S/C22H22N4O2S2/c1-15-6-3-7-17(12-15)21-24-25-22(26(21)13-18-8-4-10-28-18)30-14-20(27)23-16(2)19-9-5-11-29-19/h3-12,16H,13-14H2,1-2H3,(H,23,27)/t16-/m1/s1. The molecule has 1 amide bonds. The molecule has 3 heterocycles. The largest absolute Gasteiger partial charge is 0.467 e.